The molecule has 2 heterocycles. The fraction of sp³-hybridized carbons (Fsp3) is 0.0833. The molecule has 3 rings (SSSR count). The molecule has 0 amide bonds. The Morgan fingerprint density at radius 3 is 2.68 bits per heavy atom. The third kappa shape index (κ3) is 2.22. The van der Waals surface area contributed by atoms with Gasteiger partial charge in [-0.1, -0.05) is 44.3 Å². The normalized spacial score (nSPS) is 11.2. The lowest BCUT2D eigenvalue weighted by molar-refractivity contribution is 0.425. The molecule has 0 atom stereocenters. The number of halogens is 3. The lowest BCUT2D eigenvalue weighted by Crippen LogP contribution is -1.89. The molecule has 96 valence electrons. The summed E-state index contributed by atoms with van der Waals surface area (Å²) in [6.07, 6.45) is 0. The van der Waals surface area contributed by atoms with Crippen molar-refractivity contribution in [2.24, 2.45) is 0 Å². The van der Waals surface area contributed by atoms with E-state index in [9.17, 15) is 0 Å². The Morgan fingerprint density at radius 2 is 2.00 bits per heavy atom. The Morgan fingerprint density at radius 1 is 1.21 bits per heavy atom. The van der Waals surface area contributed by atoms with Crippen LogP contribution in [0.3, 0.4) is 0 Å². The van der Waals surface area contributed by atoms with Crippen molar-refractivity contribution in [3.8, 4) is 11.5 Å². The van der Waals surface area contributed by atoms with Crippen LogP contribution < -0.4 is 0 Å². The van der Waals surface area contributed by atoms with Gasteiger partial charge in [-0.25, -0.2) is 4.98 Å². The number of rotatable bonds is 1. The van der Waals surface area contributed by atoms with E-state index in [1.54, 1.807) is 6.92 Å². The number of pyridine rings is 1. The molecule has 0 fully saturated rings. The van der Waals surface area contributed by atoms with Gasteiger partial charge in [-0.2, -0.15) is 4.98 Å². The Balaban J connectivity index is 2.36. The Labute approximate surface area is 126 Å². The molecule has 1 aromatic carbocycles. The molecule has 0 bridgehead atoms. The smallest absolute Gasteiger partial charge is 0.262 e. The van der Waals surface area contributed by atoms with Crippen LogP contribution in [0.1, 0.15) is 5.82 Å². The molecule has 4 nitrogen and oxygen atoms in total. The maximum atomic E-state index is 6.39. The molecule has 7 heteroatoms. The van der Waals surface area contributed by atoms with Crippen LogP contribution in [0, 0.1) is 6.92 Å². The van der Waals surface area contributed by atoms with E-state index in [0.717, 1.165) is 9.86 Å². The molecule has 19 heavy (non-hydrogen) atoms. The molecule has 2 aromatic heterocycles. The molecule has 0 aliphatic rings. The summed E-state index contributed by atoms with van der Waals surface area (Å²) in [4.78, 5) is 8.43. The number of benzene rings is 1. The van der Waals surface area contributed by atoms with Gasteiger partial charge in [0.2, 0.25) is 0 Å². The van der Waals surface area contributed by atoms with Crippen LogP contribution in [0.5, 0.6) is 0 Å². The molecular weight excluding hydrogens is 353 g/mol. The van der Waals surface area contributed by atoms with Crippen LogP contribution in [0.2, 0.25) is 10.2 Å². The van der Waals surface area contributed by atoms with Gasteiger partial charge in [-0.15, -0.1) is 0 Å². The van der Waals surface area contributed by atoms with Crippen molar-refractivity contribution in [2.45, 2.75) is 6.92 Å². The van der Waals surface area contributed by atoms with E-state index in [1.165, 1.54) is 0 Å². The highest BCUT2D eigenvalue weighted by atomic mass is 79.9. The average molecular weight is 359 g/mol. The Bertz CT molecular complexity index is 788. The second kappa shape index (κ2) is 4.74. The van der Waals surface area contributed by atoms with E-state index < -0.39 is 0 Å². The van der Waals surface area contributed by atoms with Crippen LogP contribution in [0.15, 0.2) is 27.2 Å². The summed E-state index contributed by atoms with van der Waals surface area (Å²) in [7, 11) is 0. The number of aromatic nitrogens is 3. The molecule has 0 radical (unpaired) electrons. The average Bonchev–Trinajstić information content (AvgIpc) is 2.77. The predicted molar refractivity (Wildman–Crippen MR) is 77.5 cm³/mol. The first-order valence-electron chi connectivity index (χ1n) is 5.31. The van der Waals surface area contributed by atoms with Gasteiger partial charge in [-0.05, 0) is 25.1 Å². The van der Waals surface area contributed by atoms with E-state index in [-0.39, 0.29) is 11.0 Å². The zero-order chi connectivity index (χ0) is 13.6. The van der Waals surface area contributed by atoms with Gasteiger partial charge in [0.25, 0.3) is 5.89 Å². The summed E-state index contributed by atoms with van der Waals surface area (Å²) in [5, 5.41) is 5.19. The summed E-state index contributed by atoms with van der Waals surface area (Å²) >= 11 is 15.9. The fourth-order valence-electron chi connectivity index (χ4n) is 1.75. The minimum Gasteiger partial charge on any atom is -0.334 e. The van der Waals surface area contributed by atoms with Crippen LogP contribution in [-0.2, 0) is 0 Å². The van der Waals surface area contributed by atoms with Crippen molar-refractivity contribution in [1.29, 1.82) is 0 Å². The van der Waals surface area contributed by atoms with Crippen molar-refractivity contribution < 1.29 is 4.52 Å². The maximum absolute atomic E-state index is 6.39. The highest BCUT2D eigenvalue weighted by Crippen LogP contribution is 2.38. The summed E-state index contributed by atoms with van der Waals surface area (Å²) < 4.78 is 6.01. The quantitative estimate of drug-likeness (QED) is 0.593. The van der Waals surface area contributed by atoms with Gasteiger partial charge in [0.1, 0.15) is 5.15 Å². The van der Waals surface area contributed by atoms with Gasteiger partial charge >= 0.3 is 0 Å². The fourth-order valence-corrected chi connectivity index (χ4v) is 2.75. The highest BCUT2D eigenvalue weighted by molar-refractivity contribution is 9.10. The van der Waals surface area contributed by atoms with Crippen molar-refractivity contribution in [3.05, 3.63) is 38.7 Å². The zero-order valence-corrected chi connectivity index (χ0v) is 12.7. The van der Waals surface area contributed by atoms with E-state index >= 15 is 0 Å². The van der Waals surface area contributed by atoms with E-state index in [1.807, 2.05) is 18.2 Å². The molecule has 0 aliphatic heterocycles. The van der Waals surface area contributed by atoms with Crippen LogP contribution in [-0.4, -0.2) is 15.1 Å². The lowest BCUT2D eigenvalue weighted by atomic mass is 10.1. The van der Waals surface area contributed by atoms with Crippen molar-refractivity contribution in [3.63, 3.8) is 0 Å². The minimum atomic E-state index is 0.239. The zero-order valence-electron chi connectivity index (χ0n) is 9.62. The van der Waals surface area contributed by atoms with Crippen LogP contribution >= 0.6 is 39.1 Å². The number of aryl methyl sites for hydroxylation is 1. The van der Waals surface area contributed by atoms with Gasteiger partial charge in [-0.3, -0.25) is 0 Å². The summed E-state index contributed by atoms with van der Waals surface area (Å²) in [5.74, 6) is 0.776. The topological polar surface area (TPSA) is 51.8 Å². The molecule has 0 unspecified atom stereocenters. The number of nitrogens with zero attached hydrogens (tertiary/aromatic N) is 3. The molecule has 0 saturated heterocycles. The predicted octanol–water partition coefficient (Wildman–Crippen LogP) is 4.66. The highest BCUT2D eigenvalue weighted by Gasteiger charge is 2.19. The van der Waals surface area contributed by atoms with E-state index in [2.05, 4.69) is 31.1 Å². The van der Waals surface area contributed by atoms with Crippen LogP contribution in [0.25, 0.3) is 22.4 Å². The lowest BCUT2D eigenvalue weighted by Gasteiger charge is -2.06. The molecule has 0 N–H and O–H groups in total. The molecule has 3 aromatic rings. The van der Waals surface area contributed by atoms with Crippen molar-refractivity contribution in [1.82, 2.24) is 15.1 Å². The van der Waals surface area contributed by atoms with E-state index in [0.29, 0.717) is 21.9 Å². The molecule has 0 saturated carbocycles. The number of fused-ring (bicyclic) bond motifs is 1. The number of hydrogen-bond donors (Lipinski definition) is 0. The van der Waals surface area contributed by atoms with Gasteiger partial charge in [0.05, 0.1) is 16.1 Å². The van der Waals surface area contributed by atoms with Gasteiger partial charge in [0, 0.05) is 9.86 Å². The van der Waals surface area contributed by atoms with Crippen LogP contribution in [0.4, 0.5) is 0 Å². The maximum Gasteiger partial charge on any atom is 0.262 e. The van der Waals surface area contributed by atoms with Gasteiger partial charge in [0.15, 0.2) is 5.82 Å². The minimum absolute atomic E-state index is 0.239. The molecular formula is C12H6BrCl2N3O. The van der Waals surface area contributed by atoms with E-state index in [4.69, 9.17) is 27.7 Å². The summed E-state index contributed by atoms with van der Waals surface area (Å²) in [6, 6.07) is 5.58. The summed E-state index contributed by atoms with van der Waals surface area (Å²) in [5.41, 5.74) is 1.16. The summed E-state index contributed by atoms with van der Waals surface area (Å²) in [6.45, 7) is 1.72. The standard InChI is InChI=1S/C12H6BrCl2N3O/c1-5-16-12(19-18-5)9-10(14)7-4-6(13)2-3-8(7)17-11(9)15/h2-4H,1H3. The first-order valence-corrected chi connectivity index (χ1v) is 6.86. The third-order valence-corrected chi connectivity index (χ3v) is 3.74. The van der Waals surface area contributed by atoms with Gasteiger partial charge < -0.3 is 4.52 Å². The SMILES string of the molecule is Cc1noc(-c2c(Cl)nc3ccc(Br)cc3c2Cl)n1. The first kappa shape index (κ1) is 12.8. The number of hydrogen-bond acceptors (Lipinski definition) is 4. The second-order valence-electron chi connectivity index (χ2n) is 3.90. The molecule has 0 spiro atoms. The first-order chi connectivity index (χ1) is 9.06. The van der Waals surface area contributed by atoms with Crippen molar-refractivity contribution in [2.75, 3.05) is 0 Å². The Hall–Kier alpha value is -1.17. The largest absolute Gasteiger partial charge is 0.334 e. The monoisotopic (exact) mass is 357 g/mol. The third-order valence-electron chi connectivity index (χ3n) is 2.58. The van der Waals surface area contributed by atoms with Crippen molar-refractivity contribution >= 4 is 50.0 Å². The molecule has 0 aliphatic carbocycles. The second-order valence-corrected chi connectivity index (χ2v) is 5.55. The Kier molecular flexibility index (Phi) is 3.20.